The lowest BCUT2D eigenvalue weighted by Crippen LogP contribution is -2.38. The van der Waals surface area contributed by atoms with E-state index in [-0.39, 0.29) is 12.0 Å². The van der Waals surface area contributed by atoms with E-state index >= 15 is 0 Å². The van der Waals surface area contributed by atoms with Crippen molar-refractivity contribution in [2.24, 2.45) is 0 Å². The third kappa shape index (κ3) is 1.57. The largest absolute Gasteiger partial charge is 0.395 e. The van der Waals surface area contributed by atoms with Crippen LogP contribution >= 0.6 is 0 Å². The minimum absolute atomic E-state index is 0.0350. The third-order valence-electron chi connectivity index (χ3n) is 4.22. The van der Waals surface area contributed by atoms with Gasteiger partial charge in [0.05, 0.1) is 6.61 Å². The third-order valence-corrected chi connectivity index (χ3v) is 4.22. The van der Waals surface area contributed by atoms with Gasteiger partial charge in [0.1, 0.15) is 0 Å². The van der Waals surface area contributed by atoms with Crippen LogP contribution in [0.15, 0.2) is 36.4 Å². The molecule has 0 amide bonds. The van der Waals surface area contributed by atoms with E-state index in [9.17, 15) is 5.11 Å². The van der Waals surface area contributed by atoms with Gasteiger partial charge in [0, 0.05) is 5.41 Å². The molecule has 1 nitrogen and oxygen atoms in total. The molecule has 2 aromatic rings. The Hall–Kier alpha value is -1.34. The molecule has 2 aromatic carbocycles. The summed E-state index contributed by atoms with van der Waals surface area (Å²) in [6.45, 7) is 2.41. The molecule has 1 aliphatic rings. The molecule has 3 rings (SSSR count). The van der Waals surface area contributed by atoms with Gasteiger partial charge in [-0.1, -0.05) is 48.4 Å². The van der Waals surface area contributed by atoms with Gasteiger partial charge in [-0.2, -0.15) is 0 Å². The van der Waals surface area contributed by atoms with Crippen LogP contribution in [0.2, 0.25) is 0 Å². The molecule has 0 bridgehead atoms. The summed E-state index contributed by atoms with van der Waals surface area (Å²) >= 11 is 0. The Balaban J connectivity index is 2.25. The van der Waals surface area contributed by atoms with Gasteiger partial charge in [0.15, 0.2) is 0 Å². The number of benzene rings is 2. The van der Waals surface area contributed by atoms with Gasteiger partial charge in [0.2, 0.25) is 0 Å². The SMILES string of the molecule is Cc1ccc2cccc(C3(CO)CCC3)c2c1. The van der Waals surface area contributed by atoms with Crippen LogP contribution < -0.4 is 0 Å². The van der Waals surface area contributed by atoms with E-state index in [0.29, 0.717) is 0 Å². The van der Waals surface area contributed by atoms with Gasteiger partial charge in [-0.05, 0) is 36.1 Å². The quantitative estimate of drug-likeness (QED) is 0.830. The molecule has 1 fully saturated rings. The van der Waals surface area contributed by atoms with Crippen LogP contribution in [0.3, 0.4) is 0 Å². The Labute approximate surface area is 102 Å². The van der Waals surface area contributed by atoms with Crippen molar-refractivity contribution < 1.29 is 5.11 Å². The Morgan fingerprint density at radius 1 is 1.18 bits per heavy atom. The van der Waals surface area contributed by atoms with E-state index in [4.69, 9.17) is 0 Å². The highest BCUT2D eigenvalue weighted by Gasteiger charge is 2.38. The highest BCUT2D eigenvalue weighted by atomic mass is 16.3. The molecular weight excluding hydrogens is 208 g/mol. The van der Waals surface area contributed by atoms with Crippen LogP contribution in [0, 0.1) is 6.92 Å². The molecule has 0 atom stereocenters. The summed E-state index contributed by atoms with van der Waals surface area (Å²) in [7, 11) is 0. The van der Waals surface area contributed by atoms with Crippen LogP contribution in [-0.2, 0) is 5.41 Å². The fraction of sp³-hybridized carbons (Fsp3) is 0.375. The lowest BCUT2D eigenvalue weighted by atomic mass is 9.64. The first-order valence-electron chi connectivity index (χ1n) is 6.36. The first kappa shape index (κ1) is 10.8. The molecule has 0 aromatic heterocycles. The van der Waals surface area contributed by atoms with Crippen LogP contribution in [0.1, 0.15) is 30.4 Å². The molecule has 1 aliphatic carbocycles. The Morgan fingerprint density at radius 3 is 2.65 bits per heavy atom. The maximum atomic E-state index is 9.72. The van der Waals surface area contributed by atoms with Gasteiger partial charge >= 0.3 is 0 Å². The molecule has 17 heavy (non-hydrogen) atoms. The fourth-order valence-electron chi connectivity index (χ4n) is 2.97. The first-order valence-corrected chi connectivity index (χ1v) is 6.36. The summed E-state index contributed by atoms with van der Waals surface area (Å²) in [5, 5.41) is 12.3. The second-order valence-corrected chi connectivity index (χ2v) is 5.32. The van der Waals surface area contributed by atoms with Crippen molar-refractivity contribution in [3.05, 3.63) is 47.5 Å². The van der Waals surface area contributed by atoms with Crippen molar-refractivity contribution in [3.8, 4) is 0 Å². The van der Waals surface area contributed by atoms with E-state index in [1.165, 1.54) is 28.3 Å². The standard InChI is InChI=1S/C16H18O/c1-12-6-7-13-4-2-5-15(14(13)10-12)16(11-17)8-3-9-16/h2,4-7,10,17H,3,8-9,11H2,1H3. The van der Waals surface area contributed by atoms with Gasteiger partial charge in [-0.15, -0.1) is 0 Å². The van der Waals surface area contributed by atoms with Gasteiger partial charge in [-0.25, -0.2) is 0 Å². The zero-order valence-electron chi connectivity index (χ0n) is 10.2. The molecule has 0 unspecified atom stereocenters. The zero-order valence-corrected chi connectivity index (χ0v) is 10.2. The van der Waals surface area contributed by atoms with Crippen molar-refractivity contribution in [2.45, 2.75) is 31.6 Å². The van der Waals surface area contributed by atoms with Crippen molar-refractivity contribution in [2.75, 3.05) is 6.61 Å². The van der Waals surface area contributed by atoms with E-state index in [0.717, 1.165) is 12.8 Å². The van der Waals surface area contributed by atoms with E-state index in [1.807, 2.05) is 0 Å². The first-order chi connectivity index (χ1) is 8.25. The molecule has 0 radical (unpaired) electrons. The second kappa shape index (κ2) is 3.85. The Kier molecular flexibility index (Phi) is 2.44. The Morgan fingerprint density at radius 2 is 2.00 bits per heavy atom. The molecule has 1 heteroatoms. The topological polar surface area (TPSA) is 20.2 Å². The summed E-state index contributed by atoms with van der Waals surface area (Å²) in [5.41, 5.74) is 2.66. The highest BCUT2D eigenvalue weighted by molar-refractivity contribution is 5.87. The average molecular weight is 226 g/mol. The van der Waals surface area contributed by atoms with E-state index < -0.39 is 0 Å². The van der Waals surface area contributed by atoms with Crippen molar-refractivity contribution in [3.63, 3.8) is 0 Å². The predicted molar refractivity (Wildman–Crippen MR) is 71.3 cm³/mol. The van der Waals surface area contributed by atoms with Gasteiger partial charge in [0.25, 0.3) is 0 Å². The predicted octanol–water partition coefficient (Wildman–Crippen LogP) is 3.56. The number of aliphatic hydroxyl groups is 1. The number of aryl methyl sites for hydroxylation is 1. The number of aliphatic hydroxyl groups excluding tert-OH is 1. The number of hydrogen-bond donors (Lipinski definition) is 1. The number of rotatable bonds is 2. The smallest absolute Gasteiger partial charge is 0.0528 e. The maximum Gasteiger partial charge on any atom is 0.0528 e. The van der Waals surface area contributed by atoms with Gasteiger partial charge < -0.3 is 5.11 Å². The zero-order chi connectivity index (χ0) is 11.9. The van der Waals surface area contributed by atoms with Crippen molar-refractivity contribution in [1.82, 2.24) is 0 Å². The highest BCUT2D eigenvalue weighted by Crippen LogP contribution is 2.45. The van der Waals surface area contributed by atoms with Gasteiger partial charge in [-0.3, -0.25) is 0 Å². The number of hydrogen-bond acceptors (Lipinski definition) is 1. The summed E-state index contributed by atoms with van der Waals surface area (Å²) in [4.78, 5) is 0. The molecule has 88 valence electrons. The van der Waals surface area contributed by atoms with Crippen LogP contribution in [-0.4, -0.2) is 11.7 Å². The summed E-state index contributed by atoms with van der Waals surface area (Å²) < 4.78 is 0. The lowest BCUT2D eigenvalue weighted by Gasteiger charge is -2.41. The molecule has 1 N–H and O–H groups in total. The molecule has 0 aliphatic heterocycles. The average Bonchev–Trinajstić information content (AvgIpc) is 2.29. The van der Waals surface area contributed by atoms with Crippen molar-refractivity contribution >= 4 is 10.8 Å². The minimum Gasteiger partial charge on any atom is -0.395 e. The van der Waals surface area contributed by atoms with Crippen LogP contribution in [0.4, 0.5) is 0 Å². The molecule has 0 spiro atoms. The Bertz CT molecular complexity index is 547. The maximum absolute atomic E-state index is 9.72. The minimum atomic E-state index is 0.0350. The summed E-state index contributed by atoms with van der Waals surface area (Å²) in [6, 6.07) is 13.0. The lowest BCUT2D eigenvalue weighted by molar-refractivity contribution is 0.121. The van der Waals surface area contributed by atoms with E-state index in [2.05, 4.69) is 43.3 Å². The van der Waals surface area contributed by atoms with Crippen molar-refractivity contribution in [1.29, 1.82) is 0 Å². The van der Waals surface area contributed by atoms with Crippen LogP contribution in [0.5, 0.6) is 0 Å². The molecular formula is C16H18O. The van der Waals surface area contributed by atoms with E-state index in [1.54, 1.807) is 0 Å². The number of fused-ring (bicyclic) bond motifs is 1. The normalized spacial score (nSPS) is 18.0. The molecule has 1 saturated carbocycles. The summed E-state index contributed by atoms with van der Waals surface area (Å²) in [5.74, 6) is 0. The van der Waals surface area contributed by atoms with Crippen LogP contribution in [0.25, 0.3) is 10.8 Å². The summed E-state index contributed by atoms with van der Waals surface area (Å²) in [6.07, 6.45) is 3.48. The second-order valence-electron chi connectivity index (χ2n) is 5.32. The molecule has 0 saturated heterocycles. The molecule has 0 heterocycles. The fourth-order valence-corrected chi connectivity index (χ4v) is 2.97. The monoisotopic (exact) mass is 226 g/mol.